The van der Waals surface area contributed by atoms with Crippen molar-refractivity contribution in [3.8, 4) is 11.9 Å². The topological polar surface area (TPSA) is 64.2 Å². The Morgan fingerprint density at radius 3 is 3.00 bits per heavy atom. The van der Waals surface area contributed by atoms with Crippen LogP contribution in [0.3, 0.4) is 0 Å². The second kappa shape index (κ2) is 5.40. The number of carbonyl (C=O) groups is 1. The van der Waals surface area contributed by atoms with E-state index < -0.39 is 12.0 Å². The van der Waals surface area contributed by atoms with Crippen LogP contribution >= 0.6 is 0 Å². The van der Waals surface area contributed by atoms with Crippen LogP contribution in [0.25, 0.3) is 10.9 Å². The first kappa shape index (κ1) is 12.9. The fraction of sp³-hybridized carbons (Fsp3) is 0.231. The molecular formula is C13H11FN2O3. The Hall–Kier alpha value is -2.55. The molecule has 2 rings (SSSR count). The summed E-state index contributed by atoms with van der Waals surface area (Å²) in [4.78, 5) is 11.3. The average molecular weight is 262 g/mol. The van der Waals surface area contributed by atoms with Crippen molar-refractivity contribution >= 4 is 17.1 Å². The molecule has 2 aromatic rings. The van der Waals surface area contributed by atoms with Crippen molar-refractivity contribution in [1.29, 1.82) is 5.26 Å². The Bertz CT molecular complexity index is 658. The minimum atomic E-state index is -0.884. The SMILES string of the molecule is CCOC(=O)Oc1cc2c(F)cccc2n1CC#N. The minimum Gasteiger partial charge on any atom is -0.434 e. The van der Waals surface area contributed by atoms with E-state index in [0.717, 1.165) is 0 Å². The molecule has 6 heteroatoms. The van der Waals surface area contributed by atoms with Gasteiger partial charge in [0.2, 0.25) is 5.88 Å². The highest BCUT2D eigenvalue weighted by molar-refractivity contribution is 5.84. The number of hydrogen-bond acceptors (Lipinski definition) is 4. The maximum absolute atomic E-state index is 13.6. The molecule has 19 heavy (non-hydrogen) atoms. The van der Waals surface area contributed by atoms with E-state index in [0.29, 0.717) is 5.52 Å². The lowest BCUT2D eigenvalue weighted by atomic mass is 10.2. The summed E-state index contributed by atoms with van der Waals surface area (Å²) in [7, 11) is 0. The fourth-order valence-electron chi connectivity index (χ4n) is 1.78. The van der Waals surface area contributed by atoms with Gasteiger partial charge in [-0.3, -0.25) is 4.57 Å². The normalized spacial score (nSPS) is 10.2. The van der Waals surface area contributed by atoms with Crippen LogP contribution in [0.1, 0.15) is 6.92 Å². The molecule has 0 aliphatic heterocycles. The number of nitriles is 1. The van der Waals surface area contributed by atoms with Gasteiger partial charge in [-0.2, -0.15) is 5.26 Å². The largest absolute Gasteiger partial charge is 0.515 e. The van der Waals surface area contributed by atoms with E-state index in [-0.39, 0.29) is 24.4 Å². The third kappa shape index (κ3) is 2.50. The quantitative estimate of drug-likeness (QED) is 0.798. The lowest BCUT2D eigenvalue weighted by Gasteiger charge is -2.06. The predicted molar refractivity (Wildman–Crippen MR) is 65.2 cm³/mol. The number of carbonyl (C=O) groups excluding carboxylic acids is 1. The van der Waals surface area contributed by atoms with E-state index in [1.165, 1.54) is 22.8 Å². The molecule has 0 fully saturated rings. The highest BCUT2D eigenvalue weighted by atomic mass is 19.1. The molecule has 0 aliphatic rings. The molecule has 0 saturated carbocycles. The van der Waals surface area contributed by atoms with Crippen molar-refractivity contribution in [2.75, 3.05) is 6.61 Å². The second-order valence-electron chi connectivity index (χ2n) is 3.68. The average Bonchev–Trinajstić information content (AvgIpc) is 2.70. The smallest absolute Gasteiger partial charge is 0.434 e. The summed E-state index contributed by atoms with van der Waals surface area (Å²) in [6.07, 6.45) is -0.884. The number of aromatic nitrogens is 1. The summed E-state index contributed by atoms with van der Waals surface area (Å²) < 4.78 is 24.7. The van der Waals surface area contributed by atoms with Crippen molar-refractivity contribution in [2.45, 2.75) is 13.5 Å². The highest BCUT2D eigenvalue weighted by Gasteiger charge is 2.15. The van der Waals surface area contributed by atoms with Gasteiger partial charge in [-0.25, -0.2) is 9.18 Å². The third-order valence-corrected chi connectivity index (χ3v) is 2.53. The van der Waals surface area contributed by atoms with Crippen LogP contribution in [0.5, 0.6) is 5.88 Å². The molecular weight excluding hydrogens is 251 g/mol. The van der Waals surface area contributed by atoms with E-state index in [9.17, 15) is 9.18 Å². The third-order valence-electron chi connectivity index (χ3n) is 2.53. The molecule has 0 atom stereocenters. The molecule has 0 radical (unpaired) electrons. The van der Waals surface area contributed by atoms with E-state index in [1.807, 2.05) is 6.07 Å². The molecule has 0 N–H and O–H groups in total. The minimum absolute atomic E-state index is 0.0539. The summed E-state index contributed by atoms with van der Waals surface area (Å²) in [6.45, 7) is 1.76. The zero-order valence-corrected chi connectivity index (χ0v) is 10.2. The molecule has 0 amide bonds. The van der Waals surface area contributed by atoms with Crippen LogP contribution in [0.2, 0.25) is 0 Å². The van der Waals surface area contributed by atoms with Gasteiger partial charge in [-0.05, 0) is 19.1 Å². The number of nitrogens with zero attached hydrogens (tertiary/aromatic N) is 2. The lowest BCUT2D eigenvalue weighted by molar-refractivity contribution is 0.101. The first-order valence-electron chi connectivity index (χ1n) is 5.66. The van der Waals surface area contributed by atoms with Gasteiger partial charge >= 0.3 is 6.16 Å². The molecule has 0 bridgehead atoms. The molecule has 0 unspecified atom stereocenters. The molecule has 1 heterocycles. The standard InChI is InChI=1S/C13H11FN2O3/c1-2-18-13(17)19-12-8-9-10(14)4-3-5-11(9)16(12)7-6-15/h3-5,8H,2,7H2,1H3. The molecule has 1 aromatic heterocycles. The number of hydrogen-bond donors (Lipinski definition) is 0. The monoisotopic (exact) mass is 262 g/mol. The predicted octanol–water partition coefficient (Wildman–Crippen LogP) is 2.84. The van der Waals surface area contributed by atoms with Crippen LogP contribution in [-0.4, -0.2) is 17.3 Å². The first-order valence-corrected chi connectivity index (χ1v) is 5.66. The Kier molecular flexibility index (Phi) is 3.66. The van der Waals surface area contributed by atoms with Gasteiger partial charge in [-0.15, -0.1) is 0 Å². The summed E-state index contributed by atoms with van der Waals surface area (Å²) in [5.41, 5.74) is 0.487. The van der Waals surface area contributed by atoms with Gasteiger partial charge in [-0.1, -0.05) is 6.07 Å². The number of ether oxygens (including phenoxy) is 2. The van der Waals surface area contributed by atoms with Gasteiger partial charge in [0.1, 0.15) is 12.4 Å². The maximum atomic E-state index is 13.6. The molecule has 0 spiro atoms. The van der Waals surface area contributed by atoms with E-state index in [4.69, 9.17) is 10.00 Å². The number of halogens is 1. The zero-order valence-electron chi connectivity index (χ0n) is 10.2. The van der Waals surface area contributed by atoms with Crippen molar-refractivity contribution in [3.63, 3.8) is 0 Å². The maximum Gasteiger partial charge on any atom is 0.515 e. The fourth-order valence-corrected chi connectivity index (χ4v) is 1.78. The van der Waals surface area contributed by atoms with Crippen LogP contribution in [0.15, 0.2) is 24.3 Å². The van der Waals surface area contributed by atoms with Crippen LogP contribution in [0, 0.1) is 17.1 Å². The number of fused-ring (bicyclic) bond motifs is 1. The van der Waals surface area contributed by atoms with Crippen LogP contribution in [0.4, 0.5) is 9.18 Å². The van der Waals surface area contributed by atoms with Gasteiger partial charge in [0, 0.05) is 11.5 Å². The first-order chi connectivity index (χ1) is 9.17. The molecule has 5 nitrogen and oxygen atoms in total. The molecule has 0 saturated heterocycles. The van der Waals surface area contributed by atoms with Crippen molar-refractivity contribution in [1.82, 2.24) is 4.57 Å². The summed E-state index contributed by atoms with van der Waals surface area (Å²) in [5, 5.41) is 9.08. The molecule has 0 aliphatic carbocycles. The van der Waals surface area contributed by atoms with E-state index >= 15 is 0 Å². The van der Waals surface area contributed by atoms with Gasteiger partial charge in [0.15, 0.2) is 0 Å². The summed E-state index contributed by atoms with van der Waals surface area (Å²) >= 11 is 0. The van der Waals surface area contributed by atoms with E-state index in [1.54, 1.807) is 13.0 Å². The van der Waals surface area contributed by atoms with Crippen molar-refractivity contribution < 1.29 is 18.7 Å². The lowest BCUT2D eigenvalue weighted by Crippen LogP contribution is -2.12. The zero-order chi connectivity index (χ0) is 13.8. The summed E-state index contributed by atoms with van der Waals surface area (Å²) in [5.74, 6) is -0.358. The molecule has 98 valence electrons. The number of rotatable bonds is 3. The second-order valence-corrected chi connectivity index (χ2v) is 3.68. The van der Waals surface area contributed by atoms with Crippen LogP contribution < -0.4 is 4.74 Å². The Balaban J connectivity index is 2.48. The van der Waals surface area contributed by atoms with Crippen LogP contribution in [-0.2, 0) is 11.3 Å². The Morgan fingerprint density at radius 2 is 2.32 bits per heavy atom. The Morgan fingerprint density at radius 1 is 1.53 bits per heavy atom. The summed E-state index contributed by atoms with van der Waals surface area (Å²) in [6, 6.07) is 7.78. The van der Waals surface area contributed by atoms with Gasteiger partial charge in [0.05, 0.1) is 18.2 Å². The highest BCUT2D eigenvalue weighted by Crippen LogP contribution is 2.27. The van der Waals surface area contributed by atoms with Crippen molar-refractivity contribution in [3.05, 3.63) is 30.1 Å². The van der Waals surface area contributed by atoms with Gasteiger partial charge < -0.3 is 9.47 Å². The van der Waals surface area contributed by atoms with E-state index in [2.05, 4.69) is 4.74 Å². The van der Waals surface area contributed by atoms with Crippen molar-refractivity contribution in [2.24, 2.45) is 0 Å². The molecule has 1 aromatic carbocycles. The number of benzene rings is 1. The van der Waals surface area contributed by atoms with Gasteiger partial charge in [0.25, 0.3) is 0 Å². The Labute approximate surface area is 108 Å².